The van der Waals surface area contributed by atoms with Gasteiger partial charge < -0.3 is 4.57 Å². The van der Waals surface area contributed by atoms with Crippen molar-refractivity contribution in [1.29, 1.82) is 0 Å². The van der Waals surface area contributed by atoms with E-state index in [1.54, 1.807) is 0 Å². The van der Waals surface area contributed by atoms with E-state index in [0.717, 1.165) is 11.8 Å². The minimum absolute atomic E-state index is 0.705. The molecule has 3 unspecified atom stereocenters. The van der Waals surface area contributed by atoms with Crippen LogP contribution in [0, 0.1) is 18.8 Å². The zero-order valence-corrected chi connectivity index (χ0v) is 11.7. The third-order valence-electron chi connectivity index (χ3n) is 4.84. The Morgan fingerprint density at radius 2 is 1.89 bits per heavy atom. The van der Waals surface area contributed by atoms with Crippen LogP contribution in [0.1, 0.15) is 44.7 Å². The van der Waals surface area contributed by atoms with Crippen molar-refractivity contribution in [3.63, 3.8) is 0 Å². The van der Waals surface area contributed by atoms with E-state index in [2.05, 4.69) is 55.8 Å². The van der Waals surface area contributed by atoms with Crippen LogP contribution in [0.15, 0.2) is 30.5 Å². The molecule has 0 bridgehead atoms. The van der Waals surface area contributed by atoms with Crippen LogP contribution < -0.4 is 0 Å². The second kappa shape index (κ2) is 4.46. The number of aromatic nitrogens is 1. The van der Waals surface area contributed by atoms with Crippen LogP contribution in [-0.4, -0.2) is 4.57 Å². The van der Waals surface area contributed by atoms with Gasteiger partial charge in [-0.2, -0.15) is 0 Å². The summed E-state index contributed by atoms with van der Waals surface area (Å²) < 4.78 is 2.51. The fourth-order valence-electron chi connectivity index (χ4n) is 3.37. The monoisotopic (exact) mass is 241 g/mol. The Hall–Kier alpha value is -1.24. The van der Waals surface area contributed by atoms with Crippen LogP contribution in [0.3, 0.4) is 0 Å². The first-order valence-corrected chi connectivity index (χ1v) is 7.22. The quantitative estimate of drug-likeness (QED) is 0.666. The standard InChI is InChI=1S/C17H23N/c1-12-4-7-17-15(10-12)8-9-18(17)16-6-5-13(2)14(3)11-16/h4,7-10,13-14,16H,5-6,11H2,1-3H3. The van der Waals surface area contributed by atoms with Crippen molar-refractivity contribution >= 4 is 10.9 Å². The van der Waals surface area contributed by atoms with Crippen molar-refractivity contribution in [2.24, 2.45) is 11.8 Å². The van der Waals surface area contributed by atoms with Gasteiger partial charge in [-0.25, -0.2) is 0 Å². The molecule has 1 heterocycles. The molecular weight excluding hydrogens is 218 g/mol. The topological polar surface area (TPSA) is 4.93 Å². The molecule has 0 amide bonds. The van der Waals surface area contributed by atoms with Gasteiger partial charge in [-0.15, -0.1) is 0 Å². The number of hydrogen-bond donors (Lipinski definition) is 0. The summed E-state index contributed by atoms with van der Waals surface area (Å²) in [5, 5.41) is 1.39. The van der Waals surface area contributed by atoms with Crippen molar-refractivity contribution < 1.29 is 0 Å². The first-order chi connectivity index (χ1) is 8.65. The normalized spacial score (nSPS) is 28.7. The van der Waals surface area contributed by atoms with Gasteiger partial charge in [0.2, 0.25) is 0 Å². The molecule has 0 spiro atoms. The largest absolute Gasteiger partial charge is 0.344 e. The first kappa shape index (κ1) is 11.8. The first-order valence-electron chi connectivity index (χ1n) is 7.22. The highest BCUT2D eigenvalue weighted by molar-refractivity contribution is 5.81. The Morgan fingerprint density at radius 1 is 1.06 bits per heavy atom. The molecule has 0 saturated heterocycles. The summed E-state index contributed by atoms with van der Waals surface area (Å²) in [7, 11) is 0. The SMILES string of the molecule is Cc1ccc2c(ccn2C2CCC(C)C(C)C2)c1. The number of rotatable bonds is 1. The minimum atomic E-state index is 0.705. The second-order valence-corrected chi connectivity index (χ2v) is 6.21. The molecule has 2 aromatic rings. The Bertz CT molecular complexity index is 552. The maximum Gasteiger partial charge on any atom is 0.0483 e. The number of benzene rings is 1. The highest BCUT2D eigenvalue weighted by Crippen LogP contribution is 2.37. The number of hydrogen-bond acceptors (Lipinski definition) is 0. The molecule has 0 radical (unpaired) electrons. The number of nitrogens with zero attached hydrogens (tertiary/aromatic N) is 1. The smallest absolute Gasteiger partial charge is 0.0483 e. The molecule has 96 valence electrons. The van der Waals surface area contributed by atoms with Crippen molar-refractivity contribution in [2.75, 3.05) is 0 Å². The highest BCUT2D eigenvalue weighted by atomic mass is 15.0. The van der Waals surface area contributed by atoms with Crippen LogP contribution in [0.25, 0.3) is 10.9 Å². The summed E-state index contributed by atoms with van der Waals surface area (Å²) in [6.07, 6.45) is 6.33. The summed E-state index contributed by atoms with van der Waals surface area (Å²) in [5.74, 6) is 1.75. The lowest BCUT2D eigenvalue weighted by Gasteiger charge is -2.33. The van der Waals surface area contributed by atoms with Crippen LogP contribution in [0.4, 0.5) is 0 Å². The summed E-state index contributed by atoms with van der Waals surface area (Å²) >= 11 is 0. The van der Waals surface area contributed by atoms with Gasteiger partial charge >= 0.3 is 0 Å². The fourth-order valence-corrected chi connectivity index (χ4v) is 3.37. The van der Waals surface area contributed by atoms with E-state index in [4.69, 9.17) is 0 Å². The van der Waals surface area contributed by atoms with Gasteiger partial charge in [-0.05, 0) is 61.6 Å². The summed E-state index contributed by atoms with van der Waals surface area (Å²) in [6.45, 7) is 6.98. The molecule has 1 nitrogen and oxygen atoms in total. The van der Waals surface area contributed by atoms with Gasteiger partial charge in [-0.1, -0.05) is 25.5 Å². The van der Waals surface area contributed by atoms with Gasteiger partial charge in [0, 0.05) is 17.8 Å². The summed E-state index contributed by atoms with van der Waals surface area (Å²) in [6, 6.07) is 9.78. The zero-order valence-electron chi connectivity index (χ0n) is 11.7. The molecule has 0 aliphatic heterocycles. The third kappa shape index (κ3) is 1.96. The Labute approximate surface area is 110 Å². The average Bonchev–Trinajstić information content (AvgIpc) is 2.75. The van der Waals surface area contributed by atoms with E-state index < -0.39 is 0 Å². The predicted molar refractivity (Wildman–Crippen MR) is 77.9 cm³/mol. The summed E-state index contributed by atoms with van der Waals surface area (Å²) in [4.78, 5) is 0. The number of aryl methyl sites for hydroxylation is 1. The van der Waals surface area contributed by atoms with E-state index in [9.17, 15) is 0 Å². The van der Waals surface area contributed by atoms with E-state index in [-0.39, 0.29) is 0 Å². The Kier molecular flexibility index (Phi) is 2.93. The van der Waals surface area contributed by atoms with Gasteiger partial charge in [0.1, 0.15) is 0 Å². The maximum atomic E-state index is 2.51. The number of fused-ring (bicyclic) bond motifs is 1. The van der Waals surface area contributed by atoms with Crippen LogP contribution in [0.5, 0.6) is 0 Å². The van der Waals surface area contributed by atoms with Gasteiger partial charge in [-0.3, -0.25) is 0 Å². The van der Waals surface area contributed by atoms with Gasteiger partial charge in [0.05, 0.1) is 0 Å². The van der Waals surface area contributed by atoms with Crippen LogP contribution in [-0.2, 0) is 0 Å². The van der Waals surface area contributed by atoms with Crippen molar-refractivity contribution in [3.05, 3.63) is 36.0 Å². The fraction of sp³-hybridized carbons (Fsp3) is 0.529. The van der Waals surface area contributed by atoms with Crippen molar-refractivity contribution in [2.45, 2.75) is 46.1 Å². The molecule has 3 atom stereocenters. The van der Waals surface area contributed by atoms with Crippen molar-refractivity contribution in [1.82, 2.24) is 4.57 Å². The molecular formula is C17H23N. The third-order valence-corrected chi connectivity index (χ3v) is 4.84. The molecule has 1 aromatic heterocycles. The van der Waals surface area contributed by atoms with Gasteiger partial charge in [0.15, 0.2) is 0 Å². The molecule has 1 aliphatic rings. The Morgan fingerprint density at radius 3 is 2.67 bits per heavy atom. The average molecular weight is 241 g/mol. The van der Waals surface area contributed by atoms with Crippen LogP contribution in [0.2, 0.25) is 0 Å². The molecule has 1 aromatic carbocycles. The van der Waals surface area contributed by atoms with E-state index >= 15 is 0 Å². The highest BCUT2D eigenvalue weighted by Gasteiger charge is 2.25. The lowest BCUT2D eigenvalue weighted by molar-refractivity contribution is 0.214. The van der Waals surface area contributed by atoms with E-state index in [1.165, 1.54) is 35.7 Å². The summed E-state index contributed by atoms with van der Waals surface area (Å²) in [5.41, 5.74) is 2.76. The lowest BCUT2D eigenvalue weighted by atomic mass is 9.79. The molecule has 0 N–H and O–H groups in total. The zero-order chi connectivity index (χ0) is 12.7. The molecule has 3 rings (SSSR count). The minimum Gasteiger partial charge on any atom is -0.344 e. The van der Waals surface area contributed by atoms with Gasteiger partial charge in [0.25, 0.3) is 0 Å². The van der Waals surface area contributed by atoms with E-state index in [0.29, 0.717) is 6.04 Å². The Balaban J connectivity index is 1.95. The van der Waals surface area contributed by atoms with E-state index in [1.807, 2.05) is 0 Å². The lowest BCUT2D eigenvalue weighted by Crippen LogP contribution is -2.22. The molecule has 1 fully saturated rings. The van der Waals surface area contributed by atoms with Crippen LogP contribution >= 0.6 is 0 Å². The molecule has 1 heteroatoms. The van der Waals surface area contributed by atoms with Crippen molar-refractivity contribution in [3.8, 4) is 0 Å². The molecule has 18 heavy (non-hydrogen) atoms. The predicted octanol–water partition coefficient (Wildman–Crippen LogP) is 4.95. The maximum absolute atomic E-state index is 2.51. The molecule has 1 aliphatic carbocycles. The second-order valence-electron chi connectivity index (χ2n) is 6.21. The molecule has 1 saturated carbocycles.